The van der Waals surface area contributed by atoms with Crippen LogP contribution < -0.4 is 0 Å². The molecule has 92 valence electrons. The lowest BCUT2D eigenvalue weighted by Crippen LogP contribution is -2.54. The zero-order valence-corrected chi connectivity index (χ0v) is 10.3. The summed E-state index contributed by atoms with van der Waals surface area (Å²) < 4.78 is 0. The number of carboxylic acid groups (broad SMARTS) is 1. The number of hydrogen-bond donors (Lipinski definition) is 1. The van der Waals surface area contributed by atoms with Crippen LogP contribution in [0.2, 0.25) is 0 Å². The Balaban J connectivity index is 2.92. The molecule has 4 heteroatoms. The molecule has 0 heterocycles. The highest BCUT2D eigenvalue weighted by molar-refractivity contribution is 5.68. The quantitative estimate of drug-likeness (QED) is 0.737. The van der Waals surface area contributed by atoms with Gasteiger partial charge < -0.3 is 9.90 Å². The lowest BCUT2D eigenvalue weighted by atomic mass is 9.83. The van der Waals surface area contributed by atoms with E-state index in [4.69, 9.17) is 0 Å². The van der Waals surface area contributed by atoms with Gasteiger partial charge in [-0.2, -0.15) is 0 Å². The fourth-order valence-corrected chi connectivity index (χ4v) is 2.55. The molecule has 0 spiro atoms. The molecule has 0 aromatic heterocycles. The monoisotopic (exact) mass is 227 g/mol. The Hall–Kier alpha value is -1.06. The van der Waals surface area contributed by atoms with Crippen molar-refractivity contribution in [3.05, 3.63) is 0 Å². The summed E-state index contributed by atoms with van der Waals surface area (Å²) >= 11 is 0. The van der Waals surface area contributed by atoms with Gasteiger partial charge in [0.25, 0.3) is 0 Å². The van der Waals surface area contributed by atoms with Crippen LogP contribution in [0.3, 0.4) is 0 Å². The molecule has 0 radical (unpaired) electrons. The average molecular weight is 227 g/mol. The van der Waals surface area contributed by atoms with Gasteiger partial charge in [0.2, 0.25) is 0 Å². The van der Waals surface area contributed by atoms with E-state index >= 15 is 0 Å². The molecule has 0 aromatic carbocycles. The van der Waals surface area contributed by atoms with Crippen LogP contribution in [0.4, 0.5) is 4.79 Å². The van der Waals surface area contributed by atoms with Crippen molar-refractivity contribution in [2.24, 2.45) is 5.92 Å². The van der Waals surface area contributed by atoms with Gasteiger partial charge in [-0.15, -0.1) is 0 Å². The molecule has 0 unspecified atom stereocenters. The molecule has 1 fully saturated rings. The maximum Gasteiger partial charge on any atom is 0.408 e. The summed E-state index contributed by atoms with van der Waals surface area (Å²) in [6.07, 6.45) is 3.64. The number of rotatable bonds is 2. The van der Waals surface area contributed by atoms with Gasteiger partial charge in [0.05, 0.1) is 0 Å². The van der Waals surface area contributed by atoms with Crippen LogP contribution in [0.25, 0.3) is 0 Å². The second-order valence-electron chi connectivity index (χ2n) is 5.48. The van der Waals surface area contributed by atoms with E-state index < -0.39 is 11.6 Å². The Labute approximate surface area is 96.6 Å². The van der Waals surface area contributed by atoms with Crippen LogP contribution in [0.5, 0.6) is 0 Å². The largest absolute Gasteiger partial charge is 0.465 e. The number of hydrogen-bond acceptors (Lipinski definition) is 2. The second-order valence-corrected chi connectivity index (χ2v) is 5.48. The Bertz CT molecular complexity index is 270. The minimum atomic E-state index is -0.925. The fraction of sp³-hybridized carbons (Fsp3) is 0.833. The van der Waals surface area contributed by atoms with E-state index in [2.05, 4.69) is 0 Å². The van der Waals surface area contributed by atoms with Crippen LogP contribution in [-0.2, 0) is 4.79 Å². The number of nitrogens with zero attached hydrogens (tertiary/aromatic N) is 1. The van der Waals surface area contributed by atoms with E-state index in [9.17, 15) is 14.7 Å². The summed E-state index contributed by atoms with van der Waals surface area (Å²) in [4.78, 5) is 23.8. The Morgan fingerprint density at radius 3 is 2.31 bits per heavy atom. The SMILES string of the molecule is CC(C)(C)N(C(=O)O)[C@H]1CCCC[C@H]1C=O. The zero-order valence-electron chi connectivity index (χ0n) is 10.3. The first-order valence-corrected chi connectivity index (χ1v) is 5.85. The second kappa shape index (κ2) is 4.85. The summed E-state index contributed by atoms with van der Waals surface area (Å²) in [7, 11) is 0. The summed E-state index contributed by atoms with van der Waals surface area (Å²) in [5.74, 6) is -0.135. The van der Waals surface area contributed by atoms with Crippen LogP contribution in [0.15, 0.2) is 0 Å². The lowest BCUT2D eigenvalue weighted by molar-refractivity contribution is -0.114. The molecular formula is C12H21NO3. The van der Waals surface area contributed by atoms with E-state index in [0.717, 1.165) is 32.0 Å². The minimum absolute atomic E-state index is 0.135. The summed E-state index contributed by atoms with van der Waals surface area (Å²) in [6.45, 7) is 5.62. The van der Waals surface area contributed by atoms with Crippen molar-refractivity contribution in [2.75, 3.05) is 0 Å². The molecular weight excluding hydrogens is 206 g/mol. The lowest BCUT2D eigenvalue weighted by Gasteiger charge is -2.43. The van der Waals surface area contributed by atoms with Crippen molar-refractivity contribution < 1.29 is 14.7 Å². The molecule has 0 aromatic rings. The Kier molecular flexibility index (Phi) is 3.94. The van der Waals surface area contributed by atoms with E-state index in [1.54, 1.807) is 0 Å². The van der Waals surface area contributed by atoms with Gasteiger partial charge in [-0.05, 0) is 33.6 Å². The summed E-state index contributed by atoms with van der Waals surface area (Å²) in [6, 6.07) is -0.149. The highest BCUT2D eigenvalue weighted by Crippen LogP contribution is 2.31. The van der Waals surface area contributed by atoms with Crippen LogP contribution in [0, 0.1) is 5.92 Å². The number of carbonyl (C=O) groups is 2. The normalized spacial score (nSPS) is 26.2. The first kappa shape index (κ1) is 13.0. The van der Waals surface area contributed by atoms with Gasteiger partial charge in [0.1, 0.15) is 6.29 Å². The third-order valence-electron chi connectivity index (χ3n) is 3.22. The first-order chi connectivity index (χ1) is 7.38. The molecule has 1 rings (SSSR count). The molecule has 1 saturated carbocycles. The first-order valence-electron chi connectivity index (χ1n) is 5.85. The molecule has 4 nitrogen and oxygen atoms in total. The van der Waals surface area contributed by atoms with E-state index in [1.807, 2.05) is 20.8 Å². The van der Waals surface area contributed by atoms with E-state index in [1.165, 1.54) is 4.90 Å². The van der Waals surface area contributed by atoms with Gasteiger partial charge in [0, 0.05) is 17.5 Å². The maximum atomic E-state index is 11.3. The van der Waals surface area contributed by atoms with Crippen LogP contribution in [0.1, 0.15) is 46.5 Å². The molecule has 16 heavy (non-hydrogen) atoms. The van der Waals surface area contributed by atoms with Crippen molar-refractivity contribution in [3.63, 3.8) is 0 Å². The van der Waals surface area contributed by atoms with Crippen molar-refractivity contribution >= 4 is 12.4 Å². The molecule has 0 bridgehead atoms. The van der Waals surface area contributed by atoms with Gasteiger partial charge in [-0.3, -0.25) is 4.90 Å². The Morgan fingerprint density at radius 1 is 1.31 bits per heavy atom. The van der Waals surface area contributed by atoms with E-state index in [-0.39, 0.29) is 12.0 Å². The van der Waals surface area contributed by atoms with Gasteiger partial charge >= 0.3 is 6.09 Å². The van der Waals surface area contributed by atoms with Gasteiger partial charge in [-0.1, -0.05) is 12.8 Å². The molecule has 1 N–H and O–H groups in total. The van der Waals surface area contributed by atoms with Crippen molar-refractivity contribution in [1.82, 2.24) is 4.90 Å². The van der Waals surface area contributed by atoms with Gasteiger partial charge in [0.15, 0.2) is 0 Å². The summed E-state index contributed by atoms with van der Waals surface area (Å²) in [5, 5.41) is 9.28. The number of carbonyl (C=O) groups excluding carboxylic acids is 1. The third kappa shape index (κ3) is 2.74. The molecule has 2 atom stereocenters. The molecule has 1 amide bonds. The van der Waals surface area contributed by atoms with Crippen molar-refractivity contribution in [1.29, 1.82) is 0 Å². The van der Waals surface area contributed by atoms with Gasteiger partial charge in [-0.25, -0.2) is 4.79 Å². The summed E-state index contributed by atoms with van der Waals surface area (Å²) in [5.41, 5.74) is -0.449. The zero-order chi connectivity index (χ0) is 12.3. The van der Waals surface area contributed by atoms with Crippen LogP contribution >= 0.6 is 0 Å². The van der Waals surface area contributed by atoms with Crippen LogP contribution in [-0.4, -0.2) is 34.0 Å². The predicted molar refractivity (Wildman–Crippen MR) is 61.4 cm³/mol. The highest BCUT2D eigenvalue weighted by atomic mass is 16.4. The smallest absolute Gasteiger partial charge is 0.408 e. The van der Waals surface area contributed by atoms with E-state index in [0.29, 0.717) is 0 Å². The minimum Gasteiger partial charge on any atom is -0.465 e. The fourth-order valence-electron chi connectivity index (χ4n) is 2.55. The molecule has 1 aliphatic carbocycles. The standard InChI is InChI=1S/C12H21NO3/c1-12(2,3)13(11(15)16)10-7-5-4-6-9(10)8-14/h8-10H,4-7H2,1-3H3,(H,15,16)/t9-,10-/m0/s1. The average Bonchev–Trinajstić information content (AvgIpc) is 2.15. The molecule has 0 aliphatic heterocycles. The number of aldehydes is 1. The maximum absolute atomic E-state index is 11.3. The third-order valence-corrected chi connectivity index (χ3v) is 3.22. The van der Waals surface area contributed by atoms with Crippen molar-refractivity contribution in [3.8, 4) is 0 Å². The highest BCUT2D eigenvalue weighted by Gasteiger charge is 2.38. The predicted octanol–water partition coefficient (Wildman–Crippen LogP) is 2.52. The number of amides is 1. The Morgan fingerprint density at radius 2 is 1.88 bits per heavy atom. The van der Waals surface area contributed by atoms with Crippen molar-refractivity contribution in [2.45, 2.75) is 58.0 Å². The topological polar surface area (TPSA) is 57.6 Å². The molecule has 1 aliphatic rings. The molecule has 0 saturated heterocycles.